The van der Waals surface area contributed by atoms with Gasteiger partial charge in [-0.2, -0.15) is 0 Å². The van der Waals surface area contributed by atoms with E-state index in [1.807, 2.05) is 30.7 Å². The number of hydrogen-bond acceptors (Lipinski definition) is 4. The van der Waals surface area contributed by atoms with Gasteiger partial charge in [0.2, 0.25) is 0 Å². The van der Waals surface area contributed by atoms with E-state index in [-0.39, 0.29) is 0 Å². The first-order valence-corrected chi connectivity index (χ1v) is 9.23. The molecular formula is C19H20BrN5. The Kier molecular flexibility index (Phi) is 4.92. The molecule has 3 heterocycles. The maximum atomic E-state index is 4.60. The van der Waals surface area contributed by atoms with Crippen molar-refractivity contribution in [3.05, 3.63) is 70.8 Å². The van der Waals surface area contributed by atoms with Crippen molar-refractivity contribution in [1.82, 2.24) is 25.2 Å². The Morgan fingerprint density at radius 1 is 1.12 bits per heavy atom. The highest BCUT2D eigenvalue weighted by molar-refractivity contribution is 9.10. The van der Waals surface area contributed by atoms with Crippen LogP contribution in [0.25, 0.3) is 11.3 Å². The van der Waals surface area contributed by atoms with Crippen molar-refractivity contribution in [2.24, 2.45) is 0 Å². The van der Waals surface area contributed by atoms with Crippen molar-refractivity contribution >= 4 is 15.9 Å². The van der Waals surface area contributed by atoms with Gasteiger partial charge in [0, 0.05) is 42.5 Å². The zero-order chi connectivity index (χ0) is 17.1. The molecule has 25 heavy (non-hydrogen) atoms. The van der Waals surface area contributed by atoms with Gasteiger partial charge in [0.15, 0.2) is 0 Å². The van der Waals surface area contributed by atoms with E-state index in [0.29, 0.717) is 6.04 Å². The Bertz CT molecular complexity index is 815. The zero-order valence-electron chi connectivity index (χ0n) is 13.8. The first-order valence-electron chi connectivity index (χ1n) is 8.44. The Morgan fingerprint density at radius 2 is 1.92 bits per heavy atom. The van der Waals surface area contributed by atoms with Crippen molar-refractivity contribution in [3.63, 3.8) is 0 Å². The smallest absolute Gasteiger partial charge is 0.120 e. The number of hydrogen-bond donors (Lipinski definition) is 2. The minimum atomic E-state index is 0.345. The Labute approximate surface area is 155 Å². The van der Waals surface area contributed by atoms with Gasteiger partial charge in [0.1, 0.15) is 5.82 Å². The number of aromatic amines is 1. The molecule has 0 saturated carbocycles. The van der Waals surface area contributed by atoms with Gasteiger partial charge in [-0.1, -0.05) is 28.1 Å². The molecule has 1 saturated heterocycles. The highest BCUT2D eigenvalue weighted by atomic mass is 79.9. The number of aromatic nitrogens is 3. The number of imidazole rings is 1. The predicted molar refractivity (Wildman–Crippen MR) is 102 cm³/mol. The number of nitrogens with zero attached hydrogens (tertiary/aromatic N) is 3. The van der Waals surface area contributed by atoms with E-state index in [4.69, 9.17) is 0 Å². The summed E-state index contributed by atoms with van der Waals surface area (Å²) < 4.78 is 1.08. The monoisotopic (exact) mass is 397 g/mol. The van der Waals surface area contributed by atoms with Crippen LogP contribution in [0, 0.1) is 0 Å². The fourth-order valence-electron chi connectivity index (χ4n) is 3.26. The van der Waals surface area contributed by atoms with E-state index in [2.05, 4.69) is 65.4 Å². The highest BCUT2D eigenvalue weighted by Gasteiger charge is 2.24. The molecule has 2 aromatic heterocycles. The molecule has 4 rings (SSSR count). The second-order valence-electron chi connectivity index (χ2n) is 6.22. The molecule has 1 aliphatic heterocycles. The first-order chi connectivity index (χ1) is 12.3. The van der Waals surface area contributed by atoms with Crippen molar-refractivity contribution in [1.29, 1.82) is 0 Å². The number of pyridine rings is 1. The topological polar surface area (TPSA) is 56.8 Å². The summed E-state index contributed by atoms with van der Waals surface area (Å²) in [4.78, 5) is 14.7. The van der Waals surface area contributed by atoms with E-state index in [0.717, 1.165) is 47.7 Å². The highest BCUT2D eigenvalue weighted by Crippen LogP contribution is 2.24. The van der Waals surface area contributed by atoms with Crippen LogP contribution >= 0.6 is 15.9 Å². The normalized spacial score (nSPS) is 18.4. The van der Waals surface area contributed by atoms with Crippen LogP contribution in [0.3, 0.4) is 0 Å². The lowest BCUT2D eigenvalue weighted by atomic mass is 10.0. The molecule has 128 valence electrons. The average Bonchev–Trinajstić information content (AvgIpc) is 3.12. The summed E-state index contributed by atoms with van der Waals surface area (Å²) in [6, 6.07) is 12.8. The molecule has 0 aliphatic carbocycles. The molecule has 5 nitrogen and oxygen atoms in total. The van der Waals surface area contributed by atoms with Crippen LogP contribution in [-0.4, -0.2) is 39.5 Å². The van der Waals surface area contributed by atoms with Crippen molar-refractivity contribution in [3.8, 4) is 11.3 Å². The summed E-state index contributed by atoms with van der Waals surface area (Å²) in [5.74, 6) is 0.999. The number of benzene rings is 1. The van der Waals surface area contributed by atoms with Crippen LogP contribution in [-0.2, 0) is 6.54 Å². The quantitative estimate of drug-likeness (QED) is 0.708. The van der Waals surface area contributed by atoms with Crippen LogP contribution in [0.2, 0.25) is 0 Å². The Balaban J connectivity index is 1.51. The summed E-state index contributed by atoms with van der Waals surface area (Å²) >= 11 is 3.47. The third kappa shape index (κ3) is 3.81. The molecule has 1 fully saturated rings. The van der Waals surface area contributed by atoms with Crippen LogP contribution < -0.4 is 5.32 Å². The number of rotatable bonds is 4. The molecule has 0 radical (unpaired) electrons. The van der Waals surface area contributed by atoms with E-state index >= 15 is 0 Å². The number of nitrogens with one attached hydrogen (secondary N) is 2. The molecule has 1 aromatic carbocycles. The SMILES string of the molecule is Brc1ccc(-c2cnc(CN3CCNCC3c3ccncc3)[nH]2)cc1. The standard InChI is InChI=1S/C19H20BrN5/c20-16-3-1-14(2-4-16)17-11-23-19(24-17)13-25-10-9-22-12-18(25)15-5-7-21-8-6-15/h1-8,11,18,22H,9-10,12-13H2,(H,23,24). The van der Waals surface area contributed by atoms with Gasteiger partial charge in [0.25, 0.3) is 0 Å². The van der Waals surface area contributed by atoms with Crippen LogP contribution in [0.4, 0.5) is 0 Å². The maximum absolute atomic E-state index is 4.60. The fourth-order valence-corrected chi connectivity index (χ4v) is 3.53. The molecule has 1 atom stereocenters. The van der Waals surface area contributed by atoms with Gasteiger partial charge in [-0.15, -0.1) is 0 Å². The maximum Gasteiger partial charge on any atom is 0.120 e. The largest absolute Gasteiger partial charge is 0.341 e. The predicted octanol–water partition coefficient (Wildman–Crippen LogP) is 3.38. The third-order valence-corrected chi connectivity index (χ3v) is 5.11. The zero-order valence-corrected chi connectivity index (χ0v) is 15.4. The van der Waals surface area contributed by atoms with Gasteiger partial charge >= 0.3 is 0 Å². The number of halogens is 1. The van der Waals surface area contributed by atoms with Gasteiger partial charge in [-0.05, 0) is 35.4 Å². The molecular weight excluding hydrogens is 378 g/mol. The summed E-state index contributed by atoms with van der Waals surface area (Å²) in [6.07, 6.45) is 5.64. The molecule has 2 N–H and O–H groups in total. The molecule has 3 aromatic rings. The lowest BCUT2D eigenvalue weighted by Crippen LogP contribution is -2.45. The van der Waals surface area contributed by atoms with Crippen LogP contribution in [0.15, 0.2) is 59.5 Å². The van der Waals surface area contributed by atoms with E-state index in [1.54, 1.807) is 0 Å². The third-order valence-electron chi connectivity index (χ3n) is 4.58. The lowest BCUT2D eigenvalue weighted by Gasteiger charge is -2.35. The van der Waals surface area contributed by atoms with Gasteiger partial charge < -0.3 is 10.3 Å². The molecule has 1 unspecified atom stereocenters. The summed E-state index contributed by atoms with van der Waals surface area (Å²) in [5.41, 5.74) is 3.49. The average molecular weight is 398 g/mol. The first kappa shape index (κ1) is 16.4. The van der Waals surface area contributed by atoms with Crippen molar-refractivity contribution in [2.45, 2.75) is 12.6 Å². The van der Waals surface area contributed by atoms with Gasteiger partial charge in [-0.3, -0.25) is 9.88 Å². The van der Waals surface area contributed by atoms with Crippen LogP contribution in [0.1, 0.15) is 17.4 Å². The van der Waals surface area contributed by atoms with Gasteiger partial charge in [0.05, 0.1) is 18.4 Å². The van der Waals surface area contributed by atoms with Gasteiger partial charge in [-0.25, -0.2) is 4.98 Å². The molecule has 1 aliphatic rings. The summed E-state index contributed by atoms with van der Waals surface area (Å²) in [6.45, 7) is 3.76. The number of H-pyrrole nitrogens is 1. The lowest BCUT2D eigenvalue weighted by molar-refractivity contribution is 0.150. The minimum absolute atomic E-state index is 0.345. The second kappa shape index (κ2) is 7.47. The molecule has 0 amide bonds. The summed E-state index contributed by atoms with van der Waals surface area (Å²) in [7, 11) is 0. The van der Waals surface area contributed by atoms with Crippen molar-refractivity contribution < 1.29 is 0 Å². The summed E-state index contributed by atoms with van der Waals surface area (Å²) in [5, 5.41) is 3.49. The second-order valence-corrected chi connectivity index (χ2v) is 7.14. The Morgan fingerprint density at radius 3 is 2.72 bits per heavy atom. The molecule has 0 spiro atoms. The molecule has 0 bridgehead atoms. The molecule has 6 heteroatoms. The fraction of sp³-hybridized carbons (Fsp3) is 0.263. The van der Waals surface area contributed by atoms with Crippen LogP contribution in [0.5, 0.6) is 0 Å². The minimum Gasteiger partial charge on any atom is -0.341 e. The van der Waals surface area contributed by atoms with E-state index in [9.17, 15) is 0 Å². The number of piperazine rings is 1. The van der Waals surface area contributed by atoms with E-state index < -0.39 is 0 Å². The Hall–Kier alpha value is -2.02. The van der Waals surface area contributed by atoms with Crippen molar-refractivity contribution in [2.75, 3.05) is 19.6 Å². The van der Waals surface area contributed by atoms with E-state index in [1.165, 1.54) is 5.56 Å².